The van der Waals surface area contributed by atoms with Crippen LogP contribution in [0.1, 0.15) is 36.5 Å². The fraction of sp³-hybridized carbons (Fsp3) is 0.318. The second-order valence-corrected chi connectivity index (χ2v) is 7.06. The minimum atomic E-state index is -0.511. The van der Waals surface area contributed by atoms with Gasteiger partial charge in [-0.1, -0.05) is 30.3 Å². The summed E-state index contributed by atoms with van der Waals surface area (Å²) in [5.41, 5.74) is 0.924. The van der Waals surface area contributed by atoms with Crippen LogP contribution in [0, 0.1) is 10.1 Å². The number of non-ortho nitro benzene ring substituents is 1. The van der Waals surface area contributed by atoms with Crippen molar-refractivity contribution in [1.29, 1.82) is 0 Å². The summed E-state index contributed by atoms with van der Waals surface area (Å²) in [6.07, 6.45) is 1.10. The maximum atomic E-state index is 13.1. The van der Waals surface area contributed by atoms with Crippen molar-refractivity contribution in [2.24, 2.45) is 0 Å². The topological polar surface area (TPSA) is 112 Å². The van der Waals surface area contributed by atoms with Crippen LogP contribution in [0.4, 0.5) is 5.69 Å². The average molecular weight is 424 g/mol. The van der Waals surface area contributed by atoms with Crippen molar-refractivity contribution in [1.82, 2.24) is 15.0 Å². The van der Waals surface area contributed by atoms with Crippen LogP contribution in [0.3, 0.4) is 0 Å². The molecule has 0 radical (unpaired) electrons. The molecular weight excluding hydrogens is 400 g/mol. The second-order valence-electron chi connectivity index (χ2n) is 7.06. The number of rotatable bonds is 9. The summed E-state index contributed by atoms with van der Waals surface area (Å²) in [6, 6.07) is 13.0. The first-order chi connectivity index (χ1) is 14.9. The molecule has 0 N–H and O–H groups in total. The Bertz CT molecular complexity index is 1070. The van der Waals surface area contributed by atoms with E-state index in [1.807, 2.05) is 38.1 Å². The highest BCUT2D eigenvalue weighted by Gasteiger charge is 2.23. The predicted octanol–water partition coefficient (Wildman–Crippen LogP) is 4.14. The summed E-state index contributed by atoms with van der Waals surface area (Å²) < 4.78 is 10.6. The molecule has 1 atom stereocenters. The number of nitro benzene ring substituents is 1. The number of carbonyl (C=O) groups excluding carboxylic acids is 1. The lowest BCUT2D eigenvalue weighted by molar-refractivity contribution is -0.384. The molecule has 0 saturated carbocycles. The zero-order chi connectivity index (χ0) is 22.4. The number of aromatic nitrogens is 2. The summed E-state index contributed by atoms with van der Waals surface area (Å²) >= 11 is 0. The zero-order valence-electron chi connectivity index (χ0n) is 17.6. The lowest BCUT2D eigenvalue weighted by Gasteiger charge is -2.28. The molecule has 2 aromatic carbocycles. The van der Waals surface area contributed by atoms with Gasteiger partial charge in [0.2, 0.25) is 11.7 Å². The van der Waals surface area contributed by atoms with E-state index >= 15 is 0 Å². The summed E-state index contributed by atoms with van der Waals surface area (Å²) in [6.45, 7) is 4.26. The van der Waals surface area contributed by atoms with E-state index < -0.39 is 4.92 Å². The van der Waals surface area contributed by atoms with Crippen LogP contribution < -0.4 is 4.74 Å². The van der Waals surface area contributed by atoms with Gasteiger partial charge in [-0.3, -0.25) is 14.9 Å². The number of amides is 1. The SMILES string of the molecule is CC[C@H](C)N(CCc1nc(-c2cccc(OC)c2)no1)C(=O)c1cccc([N+](=O)[O-])c1. The van der Waals surface area contributed by atoms with Crippen molar-refractivity contribution in [2.75, 3.05) is 13.7 Å². The Kier molecular flexibility index (Phi) is 6.96. The Morgan fingerprint density at radius 2 is 2.03 bits per heavy atom. The van der Waals surface area contributed by atoms with Gasteiger partial charge in [0.15, 0.2) is 0 Å². The molecule has 0 saturated heterocycles. The van der Waals surface area contributed by atoms with Gasteiger partial charge in [0.1, 0.15) is 5.75 Å². The third-order valence-corrected chi connectivity index (χ3v) is 5.05. The first kappa shape index (κ1) is 21.9. The molecule has 31 heavy (non-hydrogen) atoms. The average Bonchev–Trinajstić information content (AvgIpc) is 3.28. The van der Waals surface area contributed by atoms with Gasteiger partial charge in [-0.25, -0.2) is 0 Å². The first-order valence-electron chi connectivity index (χ1n) is 9.95. The minimum Gasteiger partial charge on any atom is -0.497 e. The van der Waals surface area contributed by atoms with E-state index in [1.54, 1.807) is 18.1 Å². The summed E-state index contributed by atoms with van der Waals surface area (Å²) in [4.78, 5) is 29.7. The number of hydrogen-bond acceptors (Lipinski definition) is 7. The molecule has 0 bridgehead atoms. The zero-order valence-corrected chi connectivity index (χ0v) is 17.6. The highest BCUT2D eigenvalue weighted by molar-refractivity contribution is 5.95. The third-order valence-electron chi connectivity index (χ3n) is 5.05. The molecular formula is C22H24N4O5. The lowest BCUT2D eigenvalue weighted by atomic mass is 10.1. The number of hydrogen-bond donors (Lipinski definition) is 0. The molecule has 0 aliphatic rings. The molecule has 9 heteroatoms. The minimum absolute atomic E-state index is 0.0625. The van der Waals surface area contributed by atoms with Crippen molar-refractivity contribution in [3.8, 4) is 17.1 Å². The van der Waals surface area contributed by atoms with Gasteiger partial charge in [0, 0.05) is 42.3 Å². The summed E-state index contributed by atoms with van der Waals surface area (Å²) in [5.74, 6) is 1.26. The molecule has 0 aliphatic carbocycles. The van der Waals surface area contributed by atoms with Crippen molar-refractivity contribution >= 4 is 11.6 Å². The van der Waals surface area contributed by atoms with Crippen LogP contribution in [0.15, 0.2) is 53.1 Å². The molecule has 0 unspecified atom stereocenters. The quantitative estimate of drug-likeness (QED) is 0.375. The number of carbonyl (C=O) groups is 1. The largest absolute Gasteiger partial charge is 0.497 e. The van der Waals surface area contributed by atoms with E-state index in [0.29, 0.717) is 30.4 Å². The van der Waals surface area contributed by atoms with Gasteiger partial charge in [-0.05, 0) is 31.5 Å². The Morgan fingerprint density at radius 3 is 2.74 bits per heavy atom. The number of methoxy groups -OCH3 is 1. The molecule has 0 aliphatic heterocycles. The first-order valence-corrected chi connectivity index (χ1v) is 9.95. The molecule has 162 valence electrons. The highest BCUT2D eigenvalue weighted by Crippen LogP contribution is 2.22. The number of ether oxygens (including phenoxy) is 1. The molecule has 3 aromatic rings. The molecule has 0 spiro atoms. The van der Waals surface area contributed by atoms with Gasteiger partial charge in [-0.2, -0.15) is 4.98 Å². The predicted molar refractivity (Wildman–Crippen MR) is 114 cm³/mol. The number of benzene rings is 2. The third kappa shape index (κ3) is 5.25. The van der Waals surface area contributed by atoms with Gasteiger partial charge >= 0.3 is 0 Å². The molecule has 1 amide bonds. The molecule has 3 rings (SSSR count). The van der Waals surface area contributed by atoms with Crippen molar-refractivity contribution in [3.63, 3.8) is 0 Å². The van der Waals surface area contributed by atoms with Gasteiger partial charge in [-0.15, -0.1) is 0 Å². The lowest BCUT2D eigenvalue weighted by Crippen LogP contribution is -2.39. The fourth-order valence-corrected chi connectivity index (χ4v) is 3.11. The van der Waals surface area contributed by atoms with Crippen LogP contribution >= 0.6 is 0 Å². The van der Waals surface area contributed by atoms with Crippen LogP contribution in [0.2, 0.25) is 0 Å². The van der Waals surface area contributed by atoms with Crippen LogP contribution in [0.25, 0.3) is 11.4 Å². The highest BCUT2D eigenvalue weighted by atomic mass is 16.6. The fourth-order valence-electron chi connectivity index (χ4n) is 3.11. The van der Waals surface area contributed by atoms with Crippen LogP contribution in [0.5, 0.6) is 5.75 Å². The van der Waals surface area contributed by atoms with E-state index in [-0.39, 0.29) is 23.2 Å². The summed E-state index contributed by atoms with van der Waals surface area (Å²) in [5, 5.41) is 15.1. The second kappa shape index (κ2) is 9.84. The maximum Gasteiger partial charge on any atom is 0.270 e. The Hall–Kier alpha value is -3.75. The standard InChI is InChI=1S/C22H24N4O5/c1-4-15(2)25(22(27)17-8-5-9-18(13-17)26(28)29)12-11-20-23-21(24-31-20)16-7-6-10-19(14-16)30-3/h5-10,13-15H,4,11-12H2,1-3H3/t15-/m0/s1. The van der Waals surface area contributed by atoms with Gasteiger partial charge < -0.3 is 14.2 Å². The van der Waals surface area contributed by atoms with Gasteiger partial charge in [0.25, 0.3) is 11.6 Å². The van der Waals surface area contributed by atoms with Crippen molar-refractivity contribution in [2.45, 2.75) is 32.7 Å². The number of nitrogens with zero attached hydrogens (tertiary/aromatic N) is 4. The van der Waals surface area contributed by atoms with E-state index in [0.717, 1.165) is 12.0 Å². The normalized spacial score (nSPS) is 11.7. The monoisotopic (exact) mass is 424 g/mol. The summed E-state index contributed by atoms with van der Waals surface area (Å²) in [7, 11) is 1.59. The van der Waals surface area contributed by atoms with Crippen LogP contribution in [-0.4, -0.2) is 45.6 Å². The molecule has 0 fully saturated rings. The van der Waals surface area contributed by atoms with Crippen molar-refractivity contribution < 1.29 is 19.0 Å². The van der Waals surface area contributed by atoms with E-state index in [4.69, 9.17) is 9.26 Å². The molecule has 1 heterocycles. The van der Waals surface area contributed by atoms with Crippen molar-refractivity contribution in [3.05, 3.63) is 70.1 Å². The molecule has 1 aromatic heterocycles. The van der Waals surface area contributed by atoms with Crippen LogP contribution in [-0.2, 0) is 6.42 Å². The Labute approximate surface area is 179 Å². The number of nitro groups is 1. The van der Waals surface area contributed by atoms with E-state index in [9.17, 15) is 14.9 Å². The van der Waals surface area contributed by atoms with E-state index in [1.165, 1.54) is 18.2 Å². The van der Waals surface area contributed by atoms with E-state index in [2.05, 4.69) is 10.1 Å². The maximum absolute atomic E-state index is 13.1. The Balaban J connectivity index is 1.75. The Morgan fingerprint density at radius 1 is 1.26 bits per heavy atom. The molecule has 9 nitrogen and oxygen atoms in total. The van der Waals surface area contributed by atoms with Gasteiger partial charge in [0.05, 0.1) is 12.0 Å². The smallest absolute Gasteiger partial charge is 0.270 e.